The number of hydrogen-bond donors (Lipinski definition) is 1. The van der Waals surface area contributed by atoms with E-state index in [1.807, 2.05) is 24.4 Å². The number of rotatable bonds is 2. The van der Waals surface area contributed by atoms with Crippen LogP contribution in [0, 0.1) is 5.92 Å². The van der Waals surface area contributed by atoms with E-state index in [2.05, 4.69) is 31.9 Å². The van der Waals surface area contributed by atoms with Gasteiger partial charge in [-0.3, -0.25) is 9.78 Å². The summed E-state index contributed by atoms with van der Waals surface area (Å²) in [5.74, 6) is -0.155. The fourth-order valence-corrected chi connectivity index (χ4v) is 3.15. The molecule has 0 radical (unpaired) electrons. The number of carbonyl (C=O) groups is 1. The summed E-state index contributed by atoms with van der Waals surface area (Å²) in [6, 6.07) is 8.15. The second kappa shape index (κ2) is 5.40. The summed E-state index contributed by atoms with van der Waals surface area (Å²) < 4.78 is 1.05. The number of nitrogens with zero attached hydrogens (tertiary/aromatic N) is 2. The SMILES string of the molecule is NC(=O)C1CCN(c2ccnc3ccc(Br)cc23)CC1. The number of amides is 1. The lowest BCUT2D eigenvalue weighted by Gasteiger charge is -2.33. The Bertz CT molecular complexity index is 651. The number of piperidine rings is 1. The lowest BCUT2D eigenvalue weighted by Crippen LogP contribution is -2.38. The number of aromatic nitrogens is 1. The van der Waals surface area contributed by atoms with Gasteiger partial charge < -0.3 is 10.6 Å². The summed E-state index contributed by atoms with van der Waals surface area (Å²) in [6.45, 7) is 1.72. The number of nitrogens with two attached hydrogens (primary N) is 1. The van der Waals surface area contributed by atoms with Crippen molar-refractivity contribution < 1.29 is 4.79 Å². The molecule has 2 N–H and O–H groups in total. The van der Waals surface area contributed by atoms with Crippen LogP contribution in [0.2, 0.25) is 0 Å². The largest absolute Gasteiger partial charge is 0.371 e. The highest BCUT2D eigenvalue weighted by atomic mass is 79.9. The van der Waals surface area contributed by atoms with Crippen molar-refractivity contribution in [1.29, 1.82) is 0 Å². The summed E-state index contributed by atoms with van der Waals surface area (Å²) >= 11 is 3.51. The van der Waals surface area contributed by atoms with Crippen LogP contribution in [0.15, 0.2) is 34.9 Å². The summed E-state index contributed by atoms with van der Waals surface area (Å²) in [5, 5.41) is 1.14. The zero-order valence-corrected chi connectivity index (χ0v) is 12.6. The van der Waals surface area contributed by atoms with Gasteiger partial charge in [-0.1, -0.05) is 15.9 Å². The van der Waals surface area contributed by atoms with Crippen LogP contribution < -0.4 is 10.6 Å². The number of anilines is 1. The highest BCUT2D eigenvalue weighted by Crippen LogP contribution is 2.30. The van der Waals surface area contributed by atoms with Crippen molar-refractivity contribution >= 4 is 38.4 Å². The predicted octanol–water partition coefficient (Wildman–Crippen LogP) is 2.70. The maximum atomic E-state index is 11.2. The van der Waals surface area contributed by atoms with Crippen LogP contribution >= 0.6 is 15.9 Å². The first-order chi connectivity index (χ1) is 9.65. The van der Waals surface area contributed by atoms with E-state index in [1.165, 1.54) is 5.69 Å². The topological polar surface area (TPSA) is 59.2 Å². The minimum absolute atomic E-state index is 0.0195. The standard InChI is InChI=1S/C15H16BrN3O/c16-11-1-2-13-12(9-11)14(3-6-18-13)19-7-4-10(5-8-19)15(17)20/h1-3,6,9-10H,4-5,7-8H2,(H2,17,20). The molecule has 4 nitrogen and oxygen atoms in total. The molecule has 0 bridgehead atoms. The van der Waals surface area contributed by atoms with Gasteiger partial charge in [-0.2, -0.15) is 0 Å². The average molecular weight is 334 g/mol. The van der Waals surface area contributed by atoms with E-state index in [4.69, 9.17) is 5.73 Å². The third-order valence-electron chi connectivity index (χ3n) is 3.92. The number of hydrogen-bond acceptors (Lipinski definition) is 3. The lowest BCUT2D eigenvalue weighted by atomic mass is 9.95. The highest BCUT2D eigenvalue weighted by molar-refractivity contribution is 9.10. The van der Waals surface area contributed by atoms with Crippen molar-refractivity contribution in [2.75, 3.05) is 18.0 Å². The van der Waals surface area contributed by atoms with E-state index < -0.39 is 0 Å². The number of benzene rings is 1. The van der Waals surface area contributed by atoms with E-state index in [0.29, 0.717) is 0 Å². The van der Waals surface area contributed by atoms with Gasteiger partial charge in [0.15, 0.2) is 0 Å². The number of primary amides is 1. The molecule has 1 amide bonds. The monoisotopic (exact) mass is 333 g/mol. The van der Waals surface area contributed by atoms with Gasteiger partial charge >= 0.3 is 0 Å². The van der Waals surface area contributed by atoms with Gasteiger partial charge in [-0.05, 0) is 37.1 Å². The molecule has 2 heterocycles. The van der Waals surface area contributed by atoms with E-state index in [0.717, 1.165) is 41.3 Å². The van der Waals surface area contributed by atoms with E-state index in [-0.39, 0.29) is 11.8 Å². The van der Waals surface area contributed by atoms with Crippen LogP contribution in [0.4, 0.5) is 5.69 Å². The molecule has 0 atom stereocenters. The summed E-state index contributed by atoms with van der Waals surface area (Å²) in [7, 11) is 0. The van der Waals surface area contributed by atoms with Crippen molar-refractivity contribution in [1.82, 2.24) is 4.98 Å². The smallest absolute Gasteiger partial charge is 0.220 e. The number of pyridine rings is 1. The molecule has 1 aliphatic heterocycles. The summed E-state index contributed by atoms with van der Waals surface area (Å²) in [4.78, 5) is 18.0. The van der Waals surface area contributed by atoms with Gasteiger partial charge in [-0.15, -0.1) is 0 Å². The van der Waals surface area contributed by atoms with Gasteiger partial charge in [-0.25, -0.2) is 0 Å². The molecule has 0 saturated carbocycles. The first-order valence-electron chi connectivity index (χ1n) is 6.73. The molecule has 1 aliphatic rings. The van der Waals surface area contributed by atoms with Crippen molar-refractivity contribution in [3.63, 3.8) is 0 Å². The highest BCUT2D eigenvalue weighted by Gasteiger charge is 2.24. The van der Waals surface area contributed by atoms with E-state index >= 15 is 0 Å². The lowest BCUT2D eigenvalue weighted by molar-refractivity contribution is -0.122. The second-order valence-corrected chi connectivity index (χ2v) is 6.07. The molecular weight excluding hydrogens is 318 g/mol. The van der Waals surface area contributed by atoms with Crippen molar-refractivity contribution in [3.05, 3.63) is 34.9 Å². The maximum Gasteiger partial charge on any atom is 0.220 e. The summed E-state index contributed by atoms with van der Waals surface area (Å²) in [5.41, 5.74) is 7.56. The van der Waals surface area contributed by atoms with Gasteiger partial charge in [0.2, 0.25) is 5.91 Å². The minimum atomic E-state index is -0.174. The molecule has 5 heteroatoms. The maximum absolute atomic E-state index is 11.2. The molecule has 20 heavy (non-hydrogen) atoms. The Morgan fingerprint density at radius 2 is 2.05 bits per heavy atom. The molecule has 3 rings (SSSR count). The molecule has 1 saturated heterocycles. The van der Waals surface area contributed by atoms with Gasteiger partial charge in [0.05, 0.1) is 5.52 Å². The first kappa shape index (κ1) is 13.4. The van der Waals surface area contributed by atoms with Gasteiger partial charge in [0.1, 0.15) is 0 Å². The fraction of sp³-hybridized carbons (Fsp3) is 0.333. The Kier molecular flexibility index (Phi) is 3.61. The van der Waals surface area contributed by atoms with Gasteiger partial charge in [0, 0.05) is 40.8 Å². The first-order valence-corrected chi connectivity index (χ1v) is 7.53. The predicted molar refractivity (Wildman–Crippen MR) is 83.6 cm³/mol. The summed E-state index contributed by atoms with van der Waals surface area (Å²) in [6.07, 6.45) is 3.49. The molecule has 0 aliphatic carbocycles. The fourth-order valence-electron chi connectivity index (χ4n) is 2.78. The van der Waals surface area contributed by atoms with Crippen LogP contribution in [-0.4, -0.2) is 24.0 Å². The average Bonchev–Trinajstić information content (AvgIpc) is 2.46. The molecular formula is C15H16BrN3O. The van der Waals surface area contributed by atoms with Crippen LogP contribution in [-0.2, 0) is 4.79 Å². The Morgan fingerprint density at radius 1 is 1.30 bits per heavy atom. The quantitative estimate of drug-likeness (QED) is 0.919. The molecule has 1 aromatic carbocycles. The van der Waals surface area contributed by atoms with Crippen molar-refractivity contribution in [2.45, 2.75) is 12.8 Å². The van der Waals surface area contributed by atoms with Gasteiger partial charge in [0.25, 0.3) is 0 Å². The minimum Gasteiger partial charge on any atom is -0.371 e. The zero-order chi connectivity index (χ0) is 14.1. The van der Waals surface area contributed by atoms with E-state index in [1.54, 1.807) is 0 Å². The van der Waals surface area contributed by atoms with Crippen LogP contribution in [0.1, 0.15) is 12.8 Å². The molecule has 104 valence electrons. The molecule has 2 aromatic rings. The third kappa shape index (κ3) is 2.50. The third-order valence-corrected chi connectivity index (χ3v) is 4.41. The van der Waals surface area contributed by atoms with Crippen LogP contribution in [0.25, 0.3) is 10.9 Å². The molecule has 1 aromatic heterocycles. The van der Waals surface area contributed by atoms with Crippen LogP contribution in [0.3, 0.4) is 0 Å². The normalized spacial score (nSPS) is 16.6. The van der Waals surface area contributed by atoms with Crippen molar-refractivity contribution in [3.8, 4) is 0 Å². The second-order valence-electron chi connectivity index (χ2n) is 5.16. The van der Waals surface area contributed by atoms with Crippen LogP contribution in [0.5, 0.6) is 0 Å². The zero-order valence-electron chi connectivity index (χ0n) is 11.1. The Labute approximate surface area is 126 Å². The number of fused-ring (bicyclic) bond motifs is 1. The number of carbonyl (C=O) groups excluding carboxylic acids is 1. The molecule has 0 spiro atoms. The molecule has 1 fully saturated rings. The Balaban J connectivity index is 1.91. The molecule has 0 unspecified atom stereocenters. The Hall–Kier alpha value is -1.62. The van der Waals surface area contributed by atoms with Crippen molar-refractivity contribution in [2.24, 2.45) is 11.7 Å². The van der Waals surface area contributed by atoms with E-state index in [9.17, 15) is 4.79 Å². The Morgan fingerprint density at radius 3 is 2.75 bits per heavy atom. The number of halogens is 1.